The molecule has 0 saturated heterocycles. The number of hydrogen-bond donors (Lipinski definition) is 1. The molecule has 1 amide bonds. The molecule has 20 heavy (non-hydrogen) atoms. The first-order valence-electron chi connectivity index (χ1n) is 6.37. The fourth-order valence-electron chi connectivity index (χ4n) is 1.99. The summed E-state index contributed by atoms with van der Waals surface area (Å²) in [6.07, 6.45) is 0.826. The largest absolute Gasteiger partial charge is 0.352 e. The summed E-state index contributed by atoms with van der Waals surface area (Å²) in [5.41, 5.74) is 3.44. The topological polar surface area (TPSA) is 54.9 Å². The third-order valence-corrected chi connectivity index (χ3v) is 3.61. The number of amides is 1. The predicted octanol–water partition coefficient (Wildman–Crippen LogP) is 2.66. The van der Waals surface area contributed by atoms with Crippen molar-refractivity contribution in [3.05, 3.63) is 59.7 Å². The van der Waals surface area contributed by atoms with E-state index in [2.05, 4.69) is 26.2 Å². The lowest BCUT2D eigenvalue weighted by molar-refractivity contribution is 0.0954. The van der Waals surface area contributed by atoms with Crippen molar-refractivity contribution in [2.24, 2.45) is 0 Å². The van der Waals surface area contributed by atoms with Crippen LogP contribution in [0.5, 0.6) is 0 Å². The maximum absolute atomic E-state index is 12.0. The van der Waals surface area contributed by atoms with Gasteiger partial charge >= 0.3 is 0 Å². The van der Waals surface area contributed by atoms with Crippen LogP contribution in [0.2, 0.25) is 0 Å². The molecule has 5 heteroatoms. The highest BCUT2D eigenvalue weighted by Crippen LogP contribution is 2.13. The van der Waals surface area contributed by atoms with Gasteiger partial charge in [-0.2, -0.15) is 8.75 Å². The Balaban J connectivity index is 1.61. The van der Waals surface area contributed by atoms with Crippen LogP contribution in [-0.2, 0) is 6.42 Å². The average molecular weight is 283 g/mol. The summed E-state index contributed by atoms with van der Waals surface area (Å²) < 4.78 is 8.26. The van der Waals surface area contributed by atoms with E-state index in [1.54, 1.807) is 12.1 Å². The lowest BCUT2D eigenvalue weighted by Crippen LogP contribution is -2.25. The molecule has 0 unspecified atom stereocenters. The third kappa shape index (κ3) is 2.83. The summed E-state index contributed by atoms with van der Waals surface area (Å²) in [6, 6.07) is 15.5. The number of benzene rings is 2. The molecule has 0 spiro atoms. The van der Waals surface area contributed by atoms with Crippen molar-refractivity contribution < 1.29 is 4.79 Å². The van der Waals surface area contributed by atoms with E-state index in [-0.39, 0.29) is 5.91 Å². The summed E-state index contributed by atoms with van der Waals surface area (Å²) in [7, 11) is 0. The van der Waals surface area contributed by atoms with Crippen molar-refractivity contribution >= 4 is 28.7 Å². The second-order valence-electron chi connectivity index (χ2n) is 4.46. The zero-order chi connectivity index (χ0) is 13.8. The average Bonchev–Trinajstić information content (AvgIpc) is 2.95. The summed E-state index contributed by atoms with van der Waals surface area (Å²) in [5, 5.41) is 2.92. The van der Waals surface area contributed by atoms with E-state index in [9.17, 15) is 4.79 Å². The third-order valence-electron chi connectivity index (χ3n) is 3.06. The number of hydrogen-bond acceptors (Lipinski definition) is 4. The smallest absolute Gasteiger partial charge is 0.251 e. The Hall–Kier alpha value is -2.27. The van der Waals surface area contributed by atoms with Crippen LogP contribution in [0.3, 0.4) is 0 Å². The Kier molecular flexibility index (Phi) is 3.69. The number of fused-ring (bicyclic) bond motifs is 1. The Bertz CT molecular complexity index is 724. The number of carbonyl (C=O) groups is 1. The molecule has 0 atom stereocenters. The molecule has 1 aromatic heterocycles. The minimum absolute atomic E-state index is 0.0733. The molecule has 100 valence electrons. The Morgan fingerprint density at radius 2 is 1.85 bits per heavy atom. The first kappa shape index (κ1) is 12.7. The van der Waals surface area contributed by atoms with Crippen LogP contribution in [0.1, 0.15) is 15.9 Å². The molecule has 0 aliphatic rings. The van der Waals surface area contributed by atoms with Gasteiger partial charge < -0.3 is 5.32 Å². The minimum Gasteiger partial charge on any atom is -0.352 e. The summed E-state index contributed by atoms with van der Waals surface area (Å²) in [4.78, 5) is 12.0. The molecule has 3 rings (SSSR count). The van der Waals surface area contributed by atoms with Crippen LogP contribution in [0.25, 0.3) is 11.0 Å². The maximum atomic E-state index is 12.0. The first-order chi connectivity index (χ1) is 9.83. The summed E-state index contributed by atoms with van der Waals surface area (Å²) >= 11 is 1.16. The van der Waals surface area contributed by atoms with Crippen LogP contribution in [0.4, 0.5) is 0 Å². The molecule has 2 aromatic carbocycles. The second-order valence-corrected chi connectivity index (χ2v) is 4.99. The Morgan fingerprint density at radius 3 is 2.70 bits per heavy atom. The number of aromatic nitrogens is 2. The molecule has 3 aromatic rings. The van der Waals surface area contributed by atoms with Crippen molar-refractivity contribution in [1.29, 1.82) is 0 Å². The van der Waals surface area contributed by atoms with Gasteiger partial charge in [-0.05, 0) is 30.2 Å². The highest BCUT2D eigenvalue weighted by atomic mass is 32.1. The van der Waals surface area contributed by atoms with Gasteiger partial charge in [0.1, 0.15) is 11.0 Å². The lowest BCUT2D eigenvalue weighted by Gasteiger charge is -2.05. The zero-order valence-electron chi connectivity index (χ0n) is 10.7. The summed E-state index contributed by atoms with van der Waals surface area (Å²) in [6.45, 7) is 0.621. The van der Waals surface area contributed by atoms with Crippen LogP contribution in [-0.4, -0.2) is 21.2 Å². The number of nitrogens with zero attached hydrogens (tertiary/aromatic N) is 2. The quantitative estimate of drug-likeness (QED) is 0.801. The van der Waals surface area contributed by atoms with Crippen LogP contribution in [0.15, 0.2) is 48.5 Å². The molecule has 0 saturated carbocycles. The monoisotopic (exact) mass is 283 g/mol. The van der Waals surface area contributed by atoms with Gasteiger partial charge in [-0.1, -0.05) is 30.3 Å². The van der Waals surface area contributed by atoms with E-state index in [1.165, 1.54) is 5.56 Å². The van der Waals surface area contributed by atoms with Gasteiger partial charge in [0.2, 0.25) is 0 Å². The molecule has 0 aliphatic heterocycles. The Morgan fingerprint density at radius 1 is 1.05 bits per heavy atom. The molecule has 1 N–H and O–H groups in total. The van der Waals surface area contributed by atoms with Gasteiger partial charge in [0, 0.05) is 12.1 Å². The van der Waals surface area contributed by atoms with Gasteiger partial charge in [-0.25, -0.2) is 0 Å². The molecule has 4 nitrogen and oxygen atoms in total. The Labute approximate surface area is 120 Å². The van der Waals surface area contributed by atoms with Gasteiger partial charge in [0.25, 0.3) is 5.91 Å². The molecule has 1 heterocycles. The van der Waals surface area contributed by atoms with Crippen molar-refractivity contribution in [3.8, 4) is 0 Å². The fourth-order valence-corrected chi connectivity index (χ4v) is 2.51. The van der Waals surface area contributed by atoms with Crippen LogP contribution >= 0.6 is 11.7 Å². The molecule has 0 fully saturated rings. The SMILES string of the molecule is O=C(NCCc1ccccc1)c1ccc2nsnc2c1. The van der Waals surface area contributed by atoms with E-state index in [0.717, 1.165) is 29.2 Å². The highest BCUT2D eigenvalue weighted by molar-refractivity contribution is 7.00. The second kappa shape index (κ2) is 5.79. The maximum Gasteiger partial charge on any atom is 0.251 e. The minimum atomic E-state index is -0.0733. The molecule has 0 bridgehead atoms. The van der Waals surface area contributed by atoms with E-state index >= 15 is 0 Å². The molecular weight excluding hydrogens is 270 g/mol. The standard InChI is InChI=1S/C15H13N3OS/c19-15(16-9-8-11-4-2-1-3-5-11)12-6-7-13-14(10-12)18-20-17-13/h1-7,10H,8-9H2,(H,16,19). The van der Waals surface area contributed by atoms with Crippen molar-refractivity contribution in [2.75, 3.05) is 6.54 Å². The van der Waals surface area contributed by atoms with Gasteiger partial charge in [0.15, 0.2) is 0 Å². The van der Waals surface area contributed by atoms with E-state index < -0.39 is 0 Å². The van der Waals surface area contributed by atoms with Gasteiger partial charge in [-0.3, -0.25) is 4.79 Å². The summed E-state index contributed by atoms with van der Waals surface area (Å²) in [5.74, 6) is -0.0733. The van der Waals surface area contributed by atoms with Crippen molar-refractivity contribution in [1.82, 2.24) is 14.1 Å². The number of carbonyl (C=O) groups excluding carboxylic acids is 1. The van der Waals surface area contributed by atoms with E-state index in [4.69, 9.17) is 0 Å². The number of nitrogens with one attached hydrogen (secondary N) is 1. The van der Waals surface area contributed by atoms with Gasteiger partial charge in [-0.15, -0.1) is 0 Å². The van der Waals surface area contributed by atoms with E-state index in [1.807, 2.05) is 24.3 Å². The molecule has 0 aliphatic carbocycles. The first-order valence-corrected chi connectivity index (χ1v) is 7.10. The zero-order valence-corrected chi connectivity index (χ0v) is 11.6. The highest BCUT2D eigenvalue weighted by Gasteiger charge is 2.07. The van der Waals surface area contributed by atoms with Crippen molar-refractivity contribution in [3.63, 3.8) is 0 Å². The van der Waals surface area contributed by atoms with Crippen molar-refractivity contribution in [2.45, 2.75) is 6.42 Å². The molecule has 0 radical (unpaired) electrons. The van der Waals surface area contributed by atoms with Crippen LogP contribution < -0.4 is 5.32 Å². The van der Waals surface area contributed by atoms with Gasteiger partial charge in [0.05, 0.1) is 11.7 Å². The molecular formula is C15H13N3OS. The van der Waals surface area contributed by atoms with Crippen LogP contribution in [0, 0.1) is 0 Å². The van der Waals surface area contributed by atoms with E-state index in [0.29, 0.717) is 12.1 Å². The number of rotatable bonds is 4. The normalized spacial score (nSPS) is 10.6. The lowest BCUT2D eigenvalue weighted by atomic mass is 10.1. The fraction of sp³-hybridized carbons (Fsp3) is 0.133. The predicted molar refractivity (Wildman–Crippen MR) is 79.9 cm³/mol.